The number of carbonyl (C=O) groups is 1. The average Bonchev–Trinajstić information content (AvgIpc) is 3.22. The van der Waals surface area contributed by atoms with E-state index < -0.39 is 5.91 Å². The number of nitrogens with two attached hydrogens (primary N) is 1. The SMILES string of the molecule is C=CC(N)=O.CCCC[N+](CCCC)(CCCC)CCCC.CCCC[N+](CCCC)(CCCC)CCCC.CCCC[N+](CCCC)(CCCC)CCCC.[Br-].[Br-].[Br-]. The summed E-state index contributed by atoms with van der Waals surface area (Å²) in [7, 11) is 0. The fourth-order valence-corrected chi connectivity index (χ4v) is 7.93. The predicted octanol–water partition coefficient (Wildman–Crippen LogP) is 5.68. The molecule has 0 aliphatic rings. The Hall–Kier alpha value is 0.530. The van der Waals surface area contributed by atoms with Gasteiger partial charge < -0.3 is 70.1 Å². The first-order chi connectivity index (χ1) is 27.0. The highest BCUT2D eigenvalue weighted by Gasteiger charge is 2.26. The van der Waals surface area contributed by atoms with Crippen LogP contribution in [-0.4, -0.2) is 97.9 Å². The van der Waals surface area contributed by atoms with Gasteiger partial charge in [-0.25, -0.2) is 0 Å². The third-order valence-corrected chi connectivity index (χ3v) is 12.0. The normalized spacial score (nSPS) is 10.9. The van der Waals surface area contributed by atoms with Crippen LogP contribution in [0.15, 0.2) is 12.7 Å². The summed E-state index contributed by atoms with van der Waals surface area (Å²) in [6, 6.07) is 0. The number of quaternary nitrogens is 3. The van der Waals surface area contributed by atoms with E-state index in [-0.39, 0.29) is 50.9 Å². The van der Waals surface area contributed by atoms with Gasteiger partial charge in [-0.2, -0.15) is 0 Å². The third kappa shape index (κ3) is 47.8. The van der Waals surface area contributed by atoms with Crippen molar-refractivity contribution in [1.82, 2.24) is 0 Å². The molecule has 0 saturated carbocycles. The number of amides is 1. The summed E-state index contributed by atoms with van der Waals surface area (Å²) in [6.45, 7) is 48.1. The van der Waals surface area contributed by atoms with Crippen LogP contribution in [0.4, 0.5) is 0 Å². The maximum absolute atomic E-state index is 9.47. The lowest BCUT2D eigenvalue weighted by molar-refractivity contribution is -0.929. The molecule has 0 heterocycles. The smallest absolute Gasteiger partial charge is 0.240 e. The maximum Gasteiger partial charge on any atom is 0.240 e. The van der Waals surface area contributed by atoms with Gasteiger partial charge in [-0.05, 0) is 83.1 Å². The maximum atomic E-state index is 9.47. The van der Waals surface area contributed by atoms with Crippen LogP contribution in [0.3, 0.4) is 0 Å². The van der Waals surface area contributed by atoms with Gasteiger partial charge in [0.2, 0.25) is 5.91 Å². The summed E-state index contributed by atoms with van der Waals surface area (Å²) in [5, 5.41) is 0. The van der Waals surface area contributed by atoms with Crippen LogP contribution in [0.25, 0.3) is 0 Å². The molecule has 0 atom stereocenters. The minimum atomic E-state index is -0.481. The molecule has 8 heteroatoms. The van der Waals surface area contributed by atoms with Crippen LogP contribution in [0.5, 0.6) is 0 Å². The molecule has 0 aromatic rings. The summed E-state index contributed by atoms with van der Waals surface area (Å²) in [5.74, 6) is -0.481. The molecule has 0 radical (unpaired) electrons. The van der Waals surface area contributed by atoms with Gasteiger partial charge in [-0.3, -0.25) is 4.79 Å². The molecule has 5 nitrogen and oxygen atoms in total. The van der Waals surface area contributed by atoms with Crippen LogP contribution in [0.2, 0.25) is 0 Å². The number of unbranched alkanes of at least 4 members (excludes halogenated alkanes) is 12. The second kappa shape index (κ2) is 56.5. The molecule has 0 aromatic heterocycles. The van der Waals surface area contributed by atoms with E-state index >= 15 is 0 Å². The Morgan fingerprint density at radius 3 is 0.458 bits per heavy atom. The molecule has 0 aromatic carbocycles. The standard InChI is InChI=1S/3C16H36N.C3H5NO.3BrH/c3*1-5-9-13-17(14-10-6-2,15-11-7-3)16-12-8-4;1-2-3(4)5;;;/h3*5-16H2,1-4H3;2H,1H2,(H2,4,5);3*1H/q3*+1;;;;/p-3. The summed E-state index contributed by atoms with van der Waals surface area (Å²) < 4.78 is 4.26. The number of halogens is 3. The van der Waals surface area contributed by atoms with Crippen molar-refractivity contribution in [3.63, 3.8) is 0 Å². The first kappa shape index (κ1) is 73.9. The summed E-state index contributed by atoms with van der Waals surface area (Å²) >= 11 is 0. The van der Waals surface area contributed by atoms with E-state index in [9.17, 15) is 4.79 Å². The van der Waals surface area contributed by atoms with Crippen molar-refractivity contribution in [3.8, 4) is 0 Å². The molecule has 0 fully saturated rings. The molecular formula is C51H113Br3N4O. The fraction of sp³-hybridized carbons (Fsp3) is 0.941. The summed E-state index contributed by atoms with van der Waals surface area (Å²) in [6.07, 6.45) is 34.2. The van der Waals surface area contributed by atoms with Crippen LogP contribution >= 0.6 is 0 Å². The highest BCUT2D eigenvalue weighted by molar-refractivity contribution is 5.84. The molecule has 59 heavy (non-hydrogen) atoms. The largest absolute Gasteiger partial charge is 1.00 e. The zero-order chi connectivity index (χ0) is 43.2. The lowest BCUT2D eigenvalue weighted by atomic mass is 10.1. The van der Waals surface area contributed by atoms with Crippen molar-refractivity contribution in [2.75, 3.05) is 78.5 Å². The number of nitrogens with zero attached hydrogens (tertiary/aromatic N) is 3. The molecule has 0 bridgehead atoms. The Balaban J connectivity index is -0.000000127. The van der Waals surface area contributed by atoms with Gasteiger partial charge in [-0.1, -0.05) is 167 Å². The fourth-order valence-electron chi connectivity index (χ4n) is 7.93. The Morgan fingerprint density at radius 1 is 0.322 bits per heavy atom. The van der Waals surface area contributed by atoms with E-state index in [0.29, 0.717) is 0 Å². The molecule has 1 amide bonds. The zero-order valence-corrected chi connectivity index (χ0v) is 47.5. The van der Waals surface area contributed by atoms with Gasteiger partial charge >= 0.3 is 0 Å². The minimum absolute atomic E-state index is 0. The zero-order valence-electron chi connectivity index (χ0n) is 42.7. The van der Waals surface area contributed by atoms with Crippen LogP contribution in [0, 0.1) is 0 Å². The van der Waals surface area contributed by atoms with Crippen molar-refractivity contribution in [3.05, 3.63) is 12.7 Å². The molecule has 0 saturated heterocycles. The predicted molar refractivity (Wildman–Crippen MR) is 257 cm³/mol. The van der Waals surface area contributed by atoms with E-state index in [0.717, 1.165) is 6.08 Å². The highest BCUT2D eigenvalue weighted by atomic mass is 79.9. The van der Waals surface area contributed by atoms with E-state index in [1.165, 1.54) is 246 Å². The Kier molecular flexibility index (Phi) is 70.8. The topological polar surface area (TPSA) is 43.1 Å². The van der Waals surface area contributed by atoms with Crippen LogP contribution < -0.4 is 56.7 Å². The molecule has 0 spiro atoms. The van der Waals surface area contributed by atoms with Crippen molar-refractivity contribution < 1.29 is 69.2 Å². The van der Waals surface area contributed by atoms with E-state index in [1.807, 2.05) is 0 Å². The van der Waals surface area contributed by atoms with Gasteiger partial charge in [0.1, 0.15) is 0 Å². The lowest BCUT2D eigenvalue weighted by Crippen LogP contribution is -3.00. The molecule has 364 valence electrons. The van der Waals surface area contributed by atoms with E-state index in [2.05, 4.69) is 95.4 Å². The highest BCUT2D eigenvalue weighted by Crippen LogP contribution is 2.19. The van der Waals surface area contributed by atoms with E-state index in [4.69, 9.17) is 0 Å². The molecular weight excluding hydrogens is 924 g/mol. The second-order valence-corrected chi connectivity index (χ2v) is 17.6. The molecule has 0 aliphatic heterocycles. The number of primary amides is 1. The third-order valence-electron chi connectivity index (χ3n) is 12.0. The molecule has 0 aliphatic carbocycles. The van der Waals surface area contributed by atoms with Gasteiger partial charge in [0.25, 0.3) is 0 Å². The first-order valence-corrected chi connectivity index (χ1v) is 25.5. The van der Waals surface area contributed by atoms with E-state index in [1.54, 1.807) is 0 Å². The molecule has 2 N–H and O–H groups in total. The van der Waals surface area contributed by atoms with Crippen molar-refractivity contribution in [2.24, 2.45) is 5.73 Å². The van der Waals surface area contributed by atoms with Gasteiger partial charge in [0, 0.05) is 0 Å². The Labute approximate surface area is 406 Å². The van der Waals surface area contributed by atoms with Crippen molar-refractivity contribution >= 4 is 5.91 Å². The second-order valence-electron chi connectivity index (χ2n) is 17.6. The summed E-state index contributed by atoms with van der Waals surface area (Å²) in [4.78, 5) is 9.47. The van der Waals surface area contributed by atoms with Gasteiger partial charge in [0.05, 0.1) is 78.5 Å². The number of hydrogen-bond acceptors (Lipinski definition) is 1. The lowest BCUT2D eigenvalue weighted by Gasteiger charge is -2.39. The van der Waals surface area contributed by atoms with Crippen molar-refractivity contribution in [1.29, 1.82) is 0 Å². The monoisotopic (exact) mass is 1030 g/mol. The van der Waals surface area contributed by atoms with Crippen molar-refractivity contribution in [2.45, 2.75) is 237 Å². The van der Waals surface area contributed by atoms with Crippen LogP contribution in [-0.2, 0) is 4.79 Å². The Morgan fingerprint density at radius 2 is 0.407 bits per heavy atom. The van der Waals surface area contributed by atoms with Crippen LogP contribution in [0.1, 0.15) is 237 Å². The summed E-state index contributed by atoms with van der Waals surface area (Å²) in [5.41, 5.74) is 4.53. The number of rotatable bonds is 37. The number of carbonyl (C=O) groups excluding carboxylic acids is 1. The first-order valence-electron chi connectivity index (χ1n) is 25.5. The van der Waals surface area contributed by atoms with Gasteiger partial charge in [-0.15, -0.1) is 0 Å². The Bertz CT molecular complexity index is 588. The van der Waals surface area contributed by atoms with Gasteiger partial charge in [0.15, 0.2) is 0 Å². The molecule has 0 unspecified atom stereocenters. The average molecular weight is 1040 g/mol. The quantitative estimate of drug-likeness (QED) is 0.0633. The number of hydrogen-bond donors (Lipinski definition) is 1. The minimum Gasteiger partial charge on any atom is -1.00 e. The molecule has 0 rings (SSSR count).